The van der Waals surface area contributed by atoms with Gasteiger partial charge in [0.25, 0.3) is 12.3 Å². The van der Waals surface area contributed by atoms with Crippen LogP contribution in [0.15, 0.2) is 24.4 Å². The van der Waals surface area contributed by atoms with Crippen LogP contribution in [0.4, 0.5) is 14.5 Å². The first-order chi connectivity index (χ1) is 10.8. The lowest BCUT2D eigenvalue weighted by Crippen LogP contribution is -2.16. The first kappa shape index (κ1) is 16.4. The van der Waals surface area contributed by atoms with Crippen LogP contribution in [-0.2, 0) is 7.05 Å². The zero-order valence-electron chi connectivity index (χ0n) is 12.2. The third-order valence-corrected chi connectivity index (χ3v) is 3.01. The lowest BCUT2D eigenvalue weighted by molar-refractivity contribution is 0.0698. The number of aryl methyl sites for hydroxylation is 1. The molecule has 0 aliphatic carbocycles. The Morgan fingerprint density at radius 3 is 2.61 bits per heavy atom. The van der Waals surface area contributed by atoms with E-state index in [1.165, 1.54) is 32.4 Å². The number of ether oxygens (including phenoxy) is 1. The third kappa shape index (κ3) is 3.44. The summed E-state index contributed by atoms with van der Waals surface area (Å²) in [4.78, 5) is 23.4. The number of halogens is 2. The quantitative estimate of drug-likeness (QED) is 0.880. The molecule has 0 aliphatic rings. The zero-order chi connectivity index (χ0) is 17.1. The summed E-state index contributed by atoms with van der Waals surface area (Å²) in [5.41, 5.74) is -1.26. The van der Waals surface area contributed by atoms with Crippen LogP contribution >= 0.6 is 0 Å². The Labute approximate surface area is 129 Å². The third-order valence-electron chi connectivity index (χ3n) is 3.01. The van der Waals surface area contributed by atoms with Crippen molar-refractivity contribution in [3.63, 3.8) is 0 Å². The van der Waals surface area contributed by atoms with Gasteiger partial charge in [-0.2, -0.15) is 5.10 Å². The summed E-state index contributed by atoms with van der Waals surface area (Å²) in [5.74, 6) is -1.85. The van der Waals surface area contributed by atoms with Gasteiger partial charge < -0.3 is 15.2 Å². The van der Waals surface area contributed by atoms with Crippen LogP contribution in [0.5, 0.6) is 5.75 Å². The molecule has 2 rings (SSSR count). The van der Waals surface area contributed by atoms with Crippen molar-refractivity contribution < 1.29 is 28.2 Å². The number of aromatic carboxylic acids is 1. The Kier molecular flexibility index (Phi) is 4.58. The molecular formula is C14H13F2N3O4. The van der Waals surface area contributed by atoms with Gasteiger partial charge in [0.15, 0.2) is 0 Å². The van der Waals surface area contributed by atoms with E-state index in [0.29, 0.717) is 5.75 Å². The van der Waals surface area contributed by atoms with E-state index in [0.717, 1.165) is 10.9 Å². The number of anilines is 1. The number of carboxylic acids is 1. The topological polar surface area (TPSA) is 93.5 Å². The molecule has 9 heteroatoms. The van der Waals surface area contributed by atoms with Gasteiger partial charge in [-0.1, -0.05) is 0 Å². The molecule has 1 heterocycles. The molecule has 23 heavy (non-hydrogen) atoms. The van der Waals surface area contributed by atoms with Gasteiger partial charge >= 0.3 is 5.97 Å². The smallest absolute Gasteiger partial charge is 0.337 e. The maximum atomic E-state index is 12.9. The van der Waals surface area contributed by atoms with Crippen LogP contribution in [-0.4, -0.2) is 33.9 Å². The number of hydrogen-bond acceptors (Lipinski definition) is 4. The zero-order valence-corrected chi connectivity index (χ0v) is 12.2. The number of benzene rings is 1. The fraction of sp³-hybridized carbons (Fsp3) is 0.214. The standard InChI is InChI=1S/C14H13F2N3O4/c1-19-6-9(11(18-19)12(15)16)13(20)17-10-5-7(23-2)3-4-8(10)14(21)22/h3-6,12H,1-2H3,(H,17,20)(H,21,22). The molecule has 0 spiro atoms. The number of amides is 1. The SMILES string of the molecule is COc1ccc(C(=O)O)c(NC(=O)c2cn(C)nc2C(F)F)c1. The second-order valence-electron chi connectivity index (χ2n) is 4.57. The largest absolute Gasteiger partial charge is 0.497 e. The van der Waals surface area contributed by atoms with Crippen molar-refractivity contribution in [2.75, 3.05) is 12.4 Å². The highest BCUT2D eigenvalue weighted by Gasteiger charge is 2.24. The average molecular weight is 325 g/mol. The number of alkyl halides is 2. The van der Waals surface area contributed by atoms with Crippen molar-refractivity contribution in [2.24, 2.45) is 7.05 Å². The van der Waals surface area contributed by atoms with E-state index < -0.39 is 24.0 Å². The van der Waals surface area contributed by atoms with E-state index in [2.05, 4.69) is 10.4 Å². The molecule has 0 atom stereocenters. The van der Waals surface area contributed by atoms with Gasteiger partial charge in [-0.25, -0.2) is 13.6 Å². The van der Waals surface area contributed by atoms with Gasteiger partial charge in [0.2, 0.25) is 0 Å². The molecule has 0 radical (unpaired) electrons. The molecule has 0 unspecified atom stereocenters. The van der Waals surface area contributed by atoms with Gasteiger partial charge in [-0.05, 0) is 12.1 Å². The lowest BCUT2D eigenvalue weighted by atomic mass is 10.1. The lowest BCUT2D eigenvalue weighted by Gasteiger charge is -2.10. The van der Waals surface area contributed by atoms with Gasteiger partial charge in [-0.3, -0.25) is 9.48 Å². The molecule has 0 fully saturated rings. The summed E-state index contributed by atoms with van der Waals surface area (Å²) in [7, 11) is 2.77. The molecule has 0 bridgehead atoms. The molecule has 1 aromatic heterocycles. The highest BCUT2D eigenvalue weighted by molar-refractivity contribution is 6.08. The fourth-order valence-corrected chi connectivity index (χ4v) is 1.97. The van der Waals surface area contributed by atoms with Gasteiger partial charge in [-0.15, -0.1) is 0 Å². The number of carbonyl (C=O) groups is 2. The molecule has 0 saturated heterocycles. The minimum absolute atomic E-state index is 0.0640. The van der Waals surface area contributed by atoms with Crippen LogP contribution in [0.25, 0.3) is 0 Å². The van der Waals surface area contributed by atoms with Crippen molar-refractivity contribution >= 4 is 17.6 Å². The number of hydrogen-bond donors (Lipinski definition) is 2. The van der Waals surface area contributed by atoms with Crippen molar-refractivity contribution in [3.05, 3.63) is 41.2 Å². The van der Waals surface area contributed by atoms with Crippen LogP contribution < -0.4 is 10.1 Å². The molecule has 122 valence electrons. The number of nitrogens with zero attached hydrogens (tertiary/aromatic N) is 2. The Balaban J connectivity index is 2.39. The number of aromatic nitrogens is 2. The summed E-state index contributed by atoms with van der Waals surface area (Å²) in [5, 5.41) is 15.0. The maximum absolute atomic E-state index is 12.9. The summed E-state index contributed by atoms with van der Waals surface area (Å²) < 4.78 is 31.8. The summed E-state index contributed by atoms with van der Waals surface area (Å²) >= 11 is 0. The van der Waals surface area contributed by atoms with Crippen LogP contribution in [0.1, 0.15) is 32.8 Å². The minimum Gasteiger partial charge on any atom is -0.497 e. The number of carbonyl (C=O) groups excluding carboxylic acids is 1. The molecule has 7 nitrogen and oxygen atoms in total. The molecule has 2 aromatic rings. The van der Waals surface area contributed by atoms with Gasteiger partial charge in [0.05, 0.1) is 23.9 Å². The van der Waals surface area contributed by atoms with Crippen molar-refractivity contribution in [1.82, 2.24) is 9.78 Å². The molecule has 1 amide bonds. The van der Waals surface area contributed by atoms with E-state index in [4.69, 9.17) is 9.84 Å². The molecule has 0 saturated carbocycles. The molecule has 1 aromatic carbocycles. The number of methoxy groups -OCH3 is 1. The van der Waals surface area contributed by atoms with E-state index in [-0.39, 0.29) is 16.8 Å². The van der Waals surface area contributed by atoms with E-state index in [9.17, 15) is 18.4 Å². The van der Waals surface area contributed by atoms with Crippen molar-refractivity contribution in [1.29, 1.82) is 0 Å². The first-order valence-corrected chi connectivity index (χ1v) is 6.38. The van der Waals surface area contributed by atoms with Crippen LogP contribution in [0, 0.1) is 0 Å². The Morgan fingerprint density at radius 2 is 2.04 bits per heavy atom. The second-order valence-corrected chi connectivity index (χ2v) is 4.57. The predicted octanol–water partition coefficient (Wildman–Crippen LogP) is 2.32. The van der Waals surface area contributed by atoms with Crippen molar-refractivity contribution in [2.45, 2.75) is 6.43 Å². The second kappa shape index (κ2) is 6.42. The number of nitrogens with one attached hydrogen (secondary N) is 1. The summed E-state index contributed by atoms with van der Waals surface area (Å²) in [6.07, 6.45) is -1.79. The van der Waals surface area contributed by atoms with Crippen LogP contribution in [0.3, 0.4) is 0 Å². The maximum Gasteiger partial charge on any atom is 0.337 e. The van der Waals surface area contributed by atoms with Gasteiger partial charge in [0.1, 0.15) is 11.4 Å². The Morgan fingerprint density at radius 1 is 1.35 bits per heavy atom. The first-order valence-electron chi connectivity index (χ1n) is 6.38. The van der Waals surface area contributed by atoms with Crippen molar-refractivity contribution in [3.8, 4) is 5.75 Å². The van der Waals surface area contributed by atoms with Gasteiger partial charge in [0, 0.05) is 19.3 Å². The Hall–Kier alpha value is -2.97. The molecule has 2 N–H and O–H groups in total. The monoisotopic (exact) mass is 325 g/mol. The Bertz CT molecular complexity index is 758. The summed E-state index contributed by atoms with van der Waals surface area (Å²) in [6.45, 7) is 0. The predicted molar refractivity (Wildman–Crippen MR) is 76.1 cm³/mol. The number of rotatable bonds is 5. The molecule has 0 aliphatic heterocycles. The molecular weight excluding hydrogens is 312 g/mol. The average Bonchev–Trinajstić information content (AvgIpc) is 2.89. The van der Waals surface area contributed by atoms with E-state index in [1.54, 1.807) is 0 Å². The van der Waals surface area contributed by atoms with E-state index in [1.807, 2.05) is 0 Å². The normalized spacial score (nSPS) is 10.7. The highest BCUT2D eigenvalue weighted by atomic mass is 19.3. The summed E-state index contributed by atoms with van der Waals surface area (Å²) in [6, 6.07) is 3.95. The van der Waals surface area contributed by atoms with Crippen LogP contribution in [0.2, 0.25) is 0 Å². The fourth-order valence-electron chi connectivity index (χ4n) is 1.97. The van der Waals surface area contributed by atoms with E-state index >= 15 is 0 Å². The number of carboxylic acid groups (broad SMARTS) is 1. The minimum atomic E-state index is -2.93. The highest BCUT2D eigenvalue weighted by Crippen LogP contribution is 2.25.